The molecule has 1 aliphatic heterocycles. The normalized spacial score (nSPS) is 21.1. The molecule has 0 radical (unpaired) electrons. The summed E-state index contributed by atoms with van der Waals surface area (Å²) in [5, 5.41) is 7.65. The zero-order valence-corrected chi connectivity index (χ0v) is 9.82. The standard InChI is InChI=1S/C11H15F3N4/c12-11(13,14)9-2-1-5-18(7-9)10-8(6-15)3-4-16-17-10/h3-4,9H,1-2,5-7,15H2. The molecule has 1 saturated heterocycles. The average molecular weight is 260 g/mol. The van der Waals surface area contributed by atoms with Crippen molar-refractivity contribution in [2.45, 2.75) is 25.6 Å². The van der Waals surface area contributed by atoms with Crippen molar-refractivity contribution in [1.82, 2.24) is 10.2 Å². The topological polar surface area (TPSA) is 55.0 Å². The molecule has 1 atom stereocenters. The maximum Gasteiger partial charge on any atom is 0.393 e. The number of nitrogens with two attached hydrogens (primary N) is 1. The van der Waals surface area contributed by atoms with Crippen molar-refractivity contribution < 1.29 is 13.2 Å². The molecule has 0 amide bonds. The monoisotopic (exact) mass is 260 g/mol. The van der Waals surface area contributed by atoms with Gasteiger partial charge in [-0.2, -0.15) is 18.3 Å². The van der Waals surface area contributed by atoms with E-state index in [4.69, 9.17) is 5.73 Å². The summed E-state index contributed by atoms with van der Waals surface area (Å²) in [5.41, 5.74) is 6.29. The summed E-state index contributed by atoms with van der Waals surface area (Å²) in [6.07, 6.45) is -1.97. The molecule has 1 aromatic heterocycles. The molecule has 1 aliphatic rings. The molecule has 2 N–H and O–H groups in total. The number of alkyl halides is 3. The molecule has 2 rings (SSSR count). The number of hydrogen-bond donors (Lipinski definition) is 1. The van der Waals surface area contributed by atoms with Crippen LogP contribution in [-0.2, 0) is 6.54 Å². The van der Waals surface area contributed by atoms with Gasteiger partial charge >= 0.3 is 6.18 Å². The number of nitrogens with zero attached hydrogens (tertiary/aromatic N) is 3. The van der Waals surface area contributed by atoms with Gasteiger partial charge in [-0.3, -0.25) is 0 Å². The SMILES string of the molecule is NCc1ccnnc1N1CCCC(C(F)(F)F)C1. The minimum absolute atomic E-state index is 0.0603. The van der Waals surface area contributed by atoms with Crippen molar-refractivity contribution in [3.63, 3.8) is 0 Å². The van der Waals surface area contributed by atoms with Crippen LogP contribution >= 0.6 is 0 Å². The summed E-state index contributed by atoms with van der Waals surface area (Å²) in [6.45, 7) is 0.755. The second kappa shape index (κ2) is 5.09. The Morgan fingerprint density at radius 3 is 2.89 bits per heavy atom. The van der Waals surface area contributed by atoms with Crippen LogP contribution in [0.1, 0.15) is 18.4 Å². The third kappa shape index (κ3) is 2.72. The van der Waals surface area contributed by atoms with E-state index in [0.29, 0.717) is 18.8 Å². The Hall–Kier alpha value is -1.37. The van der Waals surface area contributed by atoms with Gasteiger partial charge in [0.25, 0.3) is 0 Å². The molecule has 7 heteroatoms. The minimum Gasteiger partial charge on any atom is -0.354 e. The van der Waals surface area contributed by atoms with Crippen LogP contribution in [0, 0.1) is 5.92 Å². The van der Waals surface area contributed by atoms with Crippen molar-refractivity contribution in [2.75, 3.05) is 18.0 Å². The lowest BCUT2D eigenvalue weighted by molar-refractivity contribution is -0.176. The maximum atomic E-state index is 12.7. The van der Waals surface area contributed by atoms with Crippen LogP contribution in [0.2, 0.25) is 0 Å². The molecular weight excluding hydrogens is 245 g/mol. The maximum absolute atomic E-state index is 12.7. The number of hydrogen-bond acceptors (Lipinski definition) is 4. The highest BCUT2D eigenvalue weighted by Gasteiger charge is 2.42. The van der Waals surface area contributed by atoms with E-state index in [2.05, 4.69) is 10.2 Å². The number of anilines is 1. The molecule has 0 aromatic carbocycles. The molecule has 1 unspecified atom stereocenters. The summed E-state index contributed by atoms with van der Waals surface area (Å²) in [6, 6.07) is 1.69. The van der Waals surface area contributed by atoms with E-state index < -0.39 is 12.1 Å². The van der Waals surface area contributed by atoms with Crippen LogP contribution in [0.25, 0.3) is 0 Å². The van der Waals surface area contributed by atoms with Gasteiger partial charge in [0.15, 0.2) is 5.82 Å². The molecule has 2 heterocycles. The lowest BCUT2D eigenvalue weighted by Gasteiger charge is -2.34. The first-order valence-electron chi connectivity index (χ1n) is 5.84. The molecule has 1 aromatic rings. The van der Waals surface area contributed by atoms with Gasteiger partial charge in [-0.25, -0.2) is 0 Å². The van der Waals surface area contributed by atoms with Crippen molar-refractivity contribution in [2.24, 2.45) is 11.7 Å². The highest BCUT2D eigenvalue weighted by molar-refractivity contribution is 5.45. The summed E-state index contributed by atoms with van der Waals surface area (Å²) in [4.78, 5) is 1.64. The summed E-state index contributed by atoms with van der Waals surface area (Å²) >= 11 is 0. The zero-order chi connectivity index (χ0) is 13.2. The van der Waals surface area contributed by atoms with E-state index in [0.717, 1.165) is 5.56 Å². The van der Waals surface area contributed by atoms with Crippen LogP contribution in [0.3, 0.4) is 0 Å². The molecule has 0 bridgehead atoms. The second-order valence-corrected chi connectivity index (χ2v) is 4.41. The van der Waals surface area contributed by atoms with Gasteiger partial charge in [-0.1, -0.05) is 0 Å². The Morgan fingerprint density at radius 1 is 1.44 bits per heavy atom. The van der Waals surface area contributed by atoms with Gasteiger partial charge in [0.05, 0.1) is 12.1 Å². The van der Waals surface area contributed by atoms with E-state index in [1.54, 1.807) is 11.0 Å². The number of rotatable bonds is 2. The van der Waals surface area contributed by atoms with Crippen LogP contribution in [0.15, 0.2) is 12.3 Å². The highest BCUT2D eigenvalue weighted by Crippen LogP contribution is 2.34. The summed E-state index contributed by atoms with van der Waals surface area (Å²) < 4.78 is 38.2. The van der Waals surface area contributed by atoms with Crippen LogP contribution in [0.5, 0.6) is 0 Å². The minimum atomic E-state index is -4.15. The van der Waals surface area contributed by atoms with E-state index in [1.807, 2.05) is 0 Å². The molecule has 4 nitrogen and oxygen atoms in total. The number of piperidine rings is 1. The fourth-order valence-electron chi connectivity index (χ4n) is 2.21. The van der Waals surface area contributed by atoms with Gasteiger partial charge in [0.1, 0.15) is 0 Å². The summed E-state index contributed by atoms with van der Waals surface area (Å²) in [7, 11) is 0. The number of halogens is 3. The Balaban J connectivity index is 2.18. The average Bonchev–Trinajstić information content (AvgIpc) is 2.38. The molecule has 0 saturated carbocycles. The second-order valence-electron chi connectivity index (χ2n) is 4.41. The molecule has 0 aliphatic carbocycles. The molecule has 100 valence electrons. The van der Waals surface area contributed by atoms with Gasteiger partial charge < -0.3 is 10.6 Å². The Bertz CT molecular complexity index is 408. The van der Waals surface area contributed by atoms with Crippen molar-refractivity contribution in [1.29, 1.82) is 0 Å². The molecule has 0 spiro atoms. The molecular formula is C11H15F3N4. The number of aromatic nitrogens is 2. The Kier molecular flexibility index (Phi) is 3.70. The van der Waals surface area contributed by atoms with E-state index in [-0.39, 0.29) is 19.5 Å². The van der Waals surface area contributed by atoms with Crippen molar-refractivity contribution in [3.8, 4) is 0 Å². The smallest absolute Gasteiger partial charge is 0.354 e. The highest BCUT2D eigenvalue weighted by atomic mass is 19.4. The summed E-state index contributed by atoms with van der Waals surface area (Å²) in [5.74, 6) is -0.812. The molecule has 18 heavy (non-hydrogen) atoms. The van der Waals surface area contributed by atoms with Crippen LogP contribution in [-0.4, -0.2) is 29.5 Å². The first-order chi connectivity index (χ1) is 8.52. The van der Waals surface area contributed by atoms with Crippen LogP contribution < -0.4 is 10.6 Å². The lowest BCUT2D eigenvalue weighted by atomic mass is 9.97. The van der Waals surface area contributed by atoms with Gasteiger partial charge in [-0.15, -0.1) is 5.10 Å². The van der Waals surface area contributed by atoms with Gasteiger partial charge in [0.2, 0.25) is 0 Å². The van der Waals surface area contributed by atoms with Gasteiger partial charge in [0, 0.05) is 25.2 Å². The fourth-order valence-corrected chi connectivity index (χ4v) is 2.21. The predicted octanol–water partition coefficient (Wildman–Crippen LogP) is 1.71. The lowest BCUT2D eigenvalue weighted by Crippen LogP contribution is -2.42. The van der Waals surface area contributed by atoms with Crippen LogP contribution in [0.4, 0.5) is 19.0 Å². The largest absolute Gasteiger partial charge is 0.393 e. The van der Waals surface area contributed by atoms with E-state index in [1.165, 1.54) is 6.20 Å². The molecule has 1 fully saturated rings. The Morgan fingerprint density at radius 2 is 2.22 bits per heavy atom. The zero-order valence-electron chi connectivity index (χ0n) is 9.82. The quantitative estimate of drug-likeness (QED) is 0.879. The van der Waals surface area contributed by atoms with E-state index >= 15 is 0 Å². The first kappa shape index (κ1) is 13.1. The Labute approximate surface area is 103 Å². The third-order valence-electron chi connectivity index (χ3n) is 3.19. The van der Waals surface area contributed by atoms with Gasteiger partial charge in [-0.05, 0) is 18.9 Å². The van der Waals surface area contributed by atoms with E-state index in [9.17, 15) is 13.2 Å². The fraction of sp³-hybridized carbons (Fsp3) is 0.636. The third-order valence-corrected chi connectivity index (χ3v) is 3.19. The van der Waals surface area contributed by atoms with Crippen molar-refractivity contribution in [3.05, 3.63) is 17.8 Å². The predicted molar refractivity (Wildman–Crippen MR) is 60.9 cm³/mol. The first-order valence-corrected chi connectivity index (χ1v) is 5.84. The van der Waals surface area contributed by atoms with Crippen molar-refractivity contribution >= 4 is 5.82 Å².